The van der Waals surface area contributed by atoms with Gasteiger partial charge in [0.2, 0.25) is 5.91 Å². The van der Waals surface area contributed by atoms with Gasteiger partial charge in [-0.2, -0.15) is 0 Å². The second kappa shape index (κ2) is 7.65. The van der Waals surface area contributed by atoms with Gasteiger partial charge in [-0.3, -0.25) is 9.59 Å². The lowest BCUT2D eigenvalue weighted by molar-refractivity contribution is -0.129. The van der Waals surface area contributed by atoms with E-state index in [9.17, 15) is 9.59 Å². The molecule has 5 heteroatoms. The number of nitrogens with zero attached hydrogens (tertiary/aromatic N) is 2. The van der Waals surface area contributed by atoms with Crippen LogP contribution in [0, 0.1) is 0 Å². The quantitative estimate of drug-likeness (QED) is 0.834. The third-order valence-corrected chi connectivity index (χ3v) is 3.16. The Morgan fingerprint density at radius 2 is 1.85 bits per heavy atom. The van der Waals surface area contributed by atoms with Crippen molar-refractivity contribution in [1.82, 2.24) is 9.80 Å². The van der Waals surface area contributed by atoms with Crippen molar-refractivity contribution in [2.45, 2.75) is 13.3 Å². The highest BCUT2D eigenvalue weighted by Gasteiger charge is 2.20. The van der Waals surface area contributed by atoms with Crippen LogP contribution in [0.15, 0.2) is 24.3 Å². The predicted octanol–water partition coefficient (Wildman–Crippen LogP) is 0.738. The highest BCUT2D eigenvalue weighted by Crippen LogP contribution is 2.12. The second-order valence-electron chi connectivity index (χ2n) is 4.80. The molecule has 0 radical (unpaired) electrons. The van der Waals surface area contributed by atoms with Crippen LogP contribution in [0.3, 0.4) is 0 Å². The van der Waals surface area contributed by atoms with Crippen LogP contribution in [0.4, 0.5) is 0 Å². The average Bonchev–Trinajstić information content (AvgIpc) is 2.44. The maximum absolute atomic E-state index is 12.5. The van der Waals surface area contributed by atoms with Crippen LogP contribution in [-0.2, 0) is 11.2 Å². The van der Waals surface area contributed by atoms with E-state index in [4.69, 9.17) is 5.73 Å². The number of benzene rings is 1. The first-order valence-electron chi connectivity index (χ1n) is 6.78. The van der Waals surface area contributed by atoms with Crippen molar-refractivity contribution in [2.75, 3.05) is 33.7 Å². The van der Waals surface area contributed by atoms with Crippen molar-refractivity contribution in [1.29, 1.82) is 0 Å². The van der Waals surface area contributed by atoms with E-state index in [0.29, 0.717) is 25.1 Å². The minimum atomic E-state index is -0.119. The Morgan fingerprint density at radius 1 is 1.20 bits per heavy atom. The molecule has 0 bridgehead atoms. The molecular formula is C15H23N3O2. The third kappa shape index (κ3) is 4.06. The summed E-state index contributed by atoms with van der Waals surface area (Å²) in [7, 11) is 3.37. The summed E-state index contributed by atoms with van der Waals surface area (Å²) in [5.74, 6) is -0.205. The van der Waals surface area contributed by atoms with Crippen LogP contribution in [0.1, 0.15) is 22.8 Å². The highest BCUT2D eigenvalue weighted by atomic mass is 16.2. The van der Waals surface area contributed by atoms with Crippen molar-refractivity contribution in [3.63, 3.8) is 0 Å². The molecule has 0 saturated carbocycles. The summed E-state index contributed by atoms with van der Waals surface area (Å²) in [4.78, 5) is 27.4. The predicted molar refractivity (Wildman–Crippen MR) is 79.5 cm³/mol. The molecule has 0 saturated heterocycles. The van der Waals surface area contributed by atoms with E-state index in [1.807, 2.05) is 25.1 Å². The van der Waals surface area contributed by atoms with Gasteiger partial charge in [0.15, 0.2) is 0 Å². The molecule has 1 aromatic rings. The Labute approximate surface area is 120 Å². The molecule has 0 heterocycles. The van der Waals surface area contributed by atoms with Crippen LogP contribution in [-0.4, -0.2) is 55.3 Å². The van der Waals surface area contributed by atoms with Gasteiger partial charge in [-0.1, -0.05) is 18.2 Å². The van der Waals surface area contributed by atoms with Crippen LogP contribution in [0.5, 0.6) is 0 Å². The maximum Gasteiger partial charge on any atom is 0.254 e. The number of hydrogen-bond acceptors (Lipinski definition) is 3. The maximum atomic E-state index is 12.5. The summed E-state index contributed by atoms with van der Waals surface area (Å²) < 4.78 is 0. The smallest absolute Gasteiger partial charge is 0.254 e. The number of carbonyl (C=O) groups is 2. The van der Waals surface area contributed by atoms with E-state index in [2.05, 4.69) is 0 Å². The summed E-state index contributed by atoms with van der Waals surface area (Å²) in [6, 6.07) is 7.41. The lowest BCUT2D eigenvalue weighted by Crippen LogP contribution is -2.40. The summed E-state index contributed by atoms with van der Waals surface area (Å²) >= 11 is 0. The first kappa shape index (κ1) is 16.2. The van der Waals surface area contributed by atoms with Crippen LogP contribution < -0.4 is 5.73 Å². The van der Waals surface area contributed by atoms with Crippen molar-refractivity contribution in [2.24, 2.45) is 5.73 Å². The fourth-order valence-electron chi connectivity index (χ4n) is 1.90. The van der Waals surface area contributed by atoms with E-state index in [1.165, 1.54) is 4.90 Å². The van der Waals surface area contributed by atoms with E-state index in [1.54, 1.807) is 25.1 Å². The van der Waals surface area contributed by atoms with Crippen molar-refractivity contribution >= 4 is 11.8 Å². The second-order valence-corrected chi connectivity index (χ2v) is 4.80. The molecule has 0 aliphatic carbocycles. The molecule has 2 amide bonds. The number of rotatable bonds is 6. The molecule has 0 aliphatic rings. The van der Waals surface area contributed by atoms with Gasteiger partial charge in [-0.25, -0.2) is 0 Å². The molecule has 1 aromatic carbocycles. The Kier molecular flexibility index (Phi) is 6.18. The van der Waals surface area contributed by atoms with Gasteiger partial charge in [0.1, 0.15) is 0 Å². The van der Waals surface area contributed by atoms with Gasteiger partial charge < -0.3 is 15.5 Å². The van der Waals surface area contributed by atoms with Gasteiger partial charge in [0.25, 0.3) is 5.91 Å². The van der Waals surface area contributed by atoms with Gasteiger partial charge in [-0.15, -0.1) is 0 Å². The minimum Gasteiger partial charge on any atom is -0.347 e. The number of likely N-dealkylation sites (N-methyl/N-ethyl adjacent to an activating group) is 2. The fourth-order valence-corrected chi connectivity index (χ4v) is 1.90. The first-order valence-corrected chi connectivity index (χ1v) is 6.78. The Balaban J connectivity index is 2.94. The third-order valence-electron chi connectivity index (χ3n) is 3.16. The Hall–Kier alpha value is -1.88. The lowest BCUT2D eigenvalue weighted by Gasteiger charge is -2.23. The van der Waals surface area contributed by atoms with E-state index in [0.717, 1.165) is 5.56 Å². The molecule has 0 aromatic heterocycles. The Bertz CT molecular complexity index is 472. The van der Waals surface area contributed by atoms with Crippen LogP contribution >= 0.6 is 0 Å². The van der Waals surface area contributed by atoms with Gasteiger partial charge in [0, 0.05) is 26.2 Å². The molecule has 2 N–H and O–H groups in total. The average molecular weight is 277 g/mol. The van der Waals surface area contributed by atoms with Crippen molar-refractivity contribution < 1.29 is 9.59 Å². The highest BCUT2D eigenvalue weighted by molar-refractivity contribution is 5.97. The fraction of sp³-hybridized carbons (Fsp3) is 0.467. The van der Waals surface area contributed by atoms with Crippen LogP contribution in [0.2, 0.25) is 0 Å². The van der Waals surface area contributed by atoms with Crippen molar-refractivity contribution in [3.8, 4) is 0 Å². The molecule has 0 spiro atoms. The lowest BCUT2D eigenvalue weighted by atomic mass is 10.0. The molecule has 110 valence electrons. The normalized spacial score (nSPS) is 10.2. The van der Waals surface area contributed by atoms with Gasteiger partial charge in [0.05, 0.1) is 6.54 Å². The van der Waals surface area contributed by atoms with E-state index < -0.39 is 0 Å². The molecule has 0 aliphatic heterocycles. The summed E-state index contributed by atoms with van der Waals surface area (Å²) in [6.07, 6.45) is 0.654. The number of carbonyl (C=O) groups excluding carboxylic acids is 2. The molecule has 20 heavy (non-hydrogen) atoms. The molecule has 0 fully saturated rings. The molecule has 1 rings (SSSR count). The van der Waals surface area contributed by atoms with Gasteiger partial charge >= 0.3 is 0 Å². The summed E-state index contributed by atoms with van der Waals surface area (Å²) in [5, 5.41) is 0. The molecule has 0 atom stereocenters. The topological polar surface area (TPSA) is 66.6 Å². The van der Waals surface area contributed by atoms with E-state index in [-0.39, 0.29) is 18.4 Å². The monoisotopic (exact) mass is 277 g/mol. The van der Waals surface area contributed by atoms with Crippen molar-refractivity contribution in [3.05, 3.63) is 35.4 Å². The summed E-state index contributed by atoms with van der Waals surface area (Å²) in [5.41, 5.74) is 7.13. The standard InChI is InChI=1S/C15H23N3O2/c1-4-18(11-14(19)17(2)3)15(20)13-8-6-5-7-12(13)9-10-16/h5-8H,4,9-11,16H2,1-3H3. The minimum absolute atomic E-state index is 0.0866. The molecular weight excluding hydrogens is 254 g/mol. The largest absolute Gasteiger partial charge is 0.347 e. The SMILES string of the molecule is CCN(CC(=O)N(C)C)C(=O)c1ccccc1CCN. The zero-order valence-corrected chi connectivity index (χ0v) is 12.4. The zero-order chi connectivity index (χ0) is 15.1. The van der Waals surface area contributed by atoms with E-state index >= 15 is 0 Å². The number of amides is 2. The summed E-state index contributed by atoms with van der Waals surface area (Å²) in [6.45, 7) is 2.95. The Morgan fingerprint density at radius 3 is 2.40 bits per heavy atom. The molecule has 0 unspecified atom stereocenters. The first-order chi connectivity index (χ1) is 9.51. The zero-order valence-electron chi connectivity index (χ0n) is 12.4. The number of hydrogen-bond donors (Lipinski definition) is 1. The van der Waals surface area contributed by atoms with Crippen LogP contribution in [0.25, 0.3) is 0 Å². The number of nitrogens with two attached hydrogens (primary N) is 1. The van der Waals surface area contributed by atoms with Gasteiger partial charge in [-0.05, 0) is 31.5 Å². The molecule has 5 nitrogen and oxygen atoms in total.